The molecule has 1 aromatic carbocycles. The summed E-state index contributed by atoms with van der Waals surface area (Å²) >= 11 is 5.61. The monoisotopic (exact) mass is 214 g/mol. The first-order chi connectivity index (χ1) is 6.59. The van der Waals surface area contributed by atoms with Gasteiger partial charge in [0.15, 0.2) is 0 Å². The predicted molar refractivity (Wildman–Crippen MR) is 48.6 cm³/mol. The fourth-order valence-electron chi connectivity index (χ4n) is 0.731. The molecule has 0 aliphatic rings. The summed E-state index contributed by atoms with van der Waals surface area (Å²) in [5.74, 6) is -1.43. The van der Waals surface area contributed by atoms with Gasteiger partial charge in [0.2, 0.25) is 0 Å². The number of halogens is 1. The molecule has 0 saturated carbocycles. The summed E-state index contributed by atoms with van der Waals surface area (Å²) in [5.41, 5.74) is 0.260. The van der Waals surface area contributed by atoms with Crippen LogP contribution in [0.25, 0.3) is 0 Å². The van der Waals surface area contributed by atoms with E-state index in [4.69, 9.17) is 11.6 Å². The van der Waals surface area contributed by atoms with Crippen LogP contribution in [-0.4, -0.2) is 11.9 Å². The molecule has 5 heteroatoms. The average molecular weight is 215 g/mol. The fraction of sp³-hybridized carbons (Fsp3) is 0.111. The second kappa shape index (κ2) is 4.62. The molecular formula is C9H7ClO4. The van der Waals surface area contributed by atoms with Gasteiger partial charge in [0.05, 0.1) is 5.56 Å². The topological polar surface area (TPSA) is 52.6 Å². The number of benzene rings is 1. The van der Waals surface area contributed by atoms with E-state index in [1.165, 1.54) is 24.3 Å². The van der Waals surface area contributed by atoms with Gasteiger partial charge in [-0.25, -0.2) is 19.4 Å². The summed E-state index contributed by atoms with van der Waals surface area (Å²) in [6, 6.07) is 6.00. The van der Waals surface area contributed by atoms with Crippen molar-refractivity contribution >= 4 is 23.5 Å². The predicted octanol–water partition coefficient (Wildman–Crippen LogP) is 1.97. The van der Waals surface area contributed by atoms with Gasteiger partial charge in [0, 0.05) is 11.9 Å². The lowest BCUT2D eigenvalue weighted by atomic mass is 10.2. The van der Waals surface area contributed by atoms with Crippen LogP contribution in [0.4, 0.5) is 0 Å². The molecule has 0 aliphatic heterocycles. The van der Waals surface area contributed by atoms with Gasteiger partial charge in [0.25, 0.3) is 0 Å². The zero-order valence-electron chi connectivity index (χ0n) is 7.32. The van der Waals surface area contributed by atoms with Gasteiger partial charge in [0.1, 0.15) is 0 Å². The second-order valence-corrected chi connectivity index (χ2v) is 2.89. The van der Waals surface area contributed by atoms with E-state index >= 15 is 0 Å². The van der Waals surface area contributed by atoms with E-state index in [-0.39, 0.29) is 5.56 Å². The third-order valence-electron chi connectivity index (χ3n) is 1.31. The van der Waals surface area contributed by atoms with Crippen LogP contribution in [0.1, 0.15) is 17.3 Å². The molecule has 0 aliphatic carbocycles. The minimum atomic E-state index is -0.739. The van der Waals surface area contributed by atoms with E-state index in [0.717, 1.165) is 6.92 Å². The zero-order valence-corrected chi connectivity index (χ0v) is 8.08. The molecule has 4 nitrogen and oxygen atoms in total. The normalized spacial score (nSPS) is 9.29. The van der Waals surface area contributed by atoms with Crippen molar-refractivity contribution in [1.82, 2.24) is 0 Å². The van der Waals surface area contributed by atoms with E-state index in [0.29, 0.717) is 5.02 Å². The molecule has 0 fully saturated rings. The molecule has 0 N–H and O–H groups in total. The van der Waals surface area contributed by atoms with Gasteiger partial charge in [-0.3, -0.25) is 0 Å². The number of carbonyl (C=O) groups is 2. The number of rotatable bonds is 1. The summed E-state index contributed by atoms with van der Waals surface area (Å²) in [6.45, 7) is 1.13. The molecule has 0 spiro atoms. The molecule has 0 aromatic heterocycles. The van der Waals surface area contributed by atoms with E-state index < -0.39 is 11.9 Å². The summed E-state index contributed by atoms with van der Waals surface area (Å²) < 4.78 is 0. The van der Waals surface area contributed by atoms with Crippen molar-refractivity contribution in [2.45, 2.75) is 6.92 Å². The Morgan fingerprint density at radius 3 is 2.21 bits per heavy atom. The smallest absolute Gasteiger partial charge is 0.248 e. The van der Waals surface area contributed by atoms with E-state index in [1.807, 2.05) is 0 Å². The summed E-state index contributed by atoms with van der Waals surface area (Å²) in [5, 5.41) is 0.508. The first-order valence-electron chi connectivity index (χ1n) is 3.74. The Labute approximate surface area is 85.3 Å². The first-order valence-corrected chi connectivity index (χ1v) is 4.12. The molecule has 1 aromatic rings. The Morgan fingerprint density at radius 1 is 1.14 bits per heavy atom. The van der Waals surface area contributed by atoms with Gasteiger partial charge in [-0.1, -0.05) is 11.6 Å². The Kier molecular flexibility index (Phi) is 3.48. The van der Waals surface area contributed by atoms with Crippen molar-refractivity contribution in [1.29, 1.82) is 0 Å². The number of hydrogen-bond donors (Lipinski definition) is 0. The maximum atomic E-state index is 11.1. The van der Waals surface area contributed by atoms with Crippen molar-refractivity contribution in [3.63, 3.8) is 0 Å². The minimum Gasteiger partial charge on any atom is -0.248 e. The van der Waals surface area contributed by atoms with Gasteiger partial charge >= 0.3 is 11.9 Å². The summed E-state index contributed by atoms with van der Waals surface area (Å²) in [6.07, 6.45) is 0. The Morgan fingerprint density at radius 2 is 1.71 bits per heavy atom. The third kappa shape index (κ3) is 3.06. The molecule has 0 saturated heterocycles. The van der Waals surface area contributed by atoms with Gasteiger partial charge in [-0.15, -0.1) is 0 Å². The average Bonchev–Trinajstić information content (AvgIpc) is 2.15. The van der Waals surface area contributed by atoms with Crippen LogP contribution >= 0.6 is 11.6 Å². The molecule has 0 radical (unpaired) electrons. The molecular weight excluding hydrogens is 208 g/mol. The quantitative estimate of drug-likeness (QED) is 0.530. The van der Waals surface area contributed by atoms with Crippen LogP contribution in [0, 0.1) is 0 Å². The lowest BCUT2D eigenvalue weighted by Gasteiger charge is -2.00. The van der Waals surface area contributed by atoms with E-state index in [1.54, 1.807) is 0 Å². The van der Waals surface area contributed by atoms with E-state index in [2.05, 4.69) is 9.78 Å². The van der Waals surface area contributed by atoms with Gasteiger partial charge < -0.3 is 0 Å². The lowest BCUT2D eigenvalue weighted by Crippen LogP contribution is -2.08. The second-order valence-electron chi connectivity index (χ2n) is 2.45. The Hall–Kier alpha value is -1.55. The van der Waals surface area contributed by atoms with Crippen molar-refractivity contribution in [3.05, 3.63) is 34.9 Å². The maximum absolute atomic E-state index is 11.1. The third-order valence-corrected chi connectivity index (χ3v) is 1.57. The molecule has 14 heavy (non-hydrogen) atoms. The first kappa shape index (κ1) is 10.5. The highest BCUT2D eigenvalue weighted by atomic mass is 35.5. The van der Waals surface area contributed by atoms with Crippen molar-refractivity contribution in [2.75, 3.05) is 0 Å². The van der Waals surface area contributed by atoms with Crippen LogP contribution in [0.3, 0.4) is 0 Å². The molecule has 1 rings (SSSR count). The molecule has 0 bridgehead atoms. The molecule has 0 atom stereocenters. The van der Waals surface area contributed by atoms with Crippen LogP contribution < -0.4 is 0 Å². The van der Waals surface area contributed by atoms with Crippen molar-refractivity contribution in [2.24, 2.45) is 0 Å². The van der Waals surface area contributed by atoms with Crippen LogP contribution in [0.5, 0.6) is 0 Å². The fourth-order valence-corrected chi connectivity index (χ4v) is 0.857. The highest BCUT2D eigenvalue weighted by molar-refractivity contribution is 6.30. The molecule has 74 valence electrons. The maximum Gasteiger partial charge on any atom is 0.386 e. The van der Waals surface area contributed by atoms with Crippen LogP contribution in [0.15, 0.2) is 24.3 Å². The molecule has 0 heterocycles. The van der Waals surface area contributed by atoms with E-state index in [9.17, 15) is 9.59 Å². The number of carbonyl (C=O) groups excluding carboxylic acids is 2. The standard InChI is InChI=1S/C9H7ClO4/c1-6(11)13-14-9(12)7-2-4-8(10)5-3-7/h2-5H,1H3. The Bertz CT molecular complexity index is 344. The Balaban J connectivity index is 2.61. The van der Waals surface area contributed by atoms with Gasteiger partial charge in [-0.2, -0.15) is 0 Å². The highest BCUT2D eigenvalue weighted by Gasteiger charge is 2.09. The number of hydrogen-bond acceptors (Lipinski definition) is 4. The highest BCUT2D eigenvalue weighted by Crippen LogP contribution is 2.10. The minimum absolute atomic E-state index is 0.260. The molecule has 0 amide bonds. The summed E-state index contributed by atoms with van der Waals surface area (Å²) in [7, 11) is 0. The van der Waals surface area contributed by atoms with Gasteiger partial charge in [-0.05, 0) is 24.3 Å². The van der Waals surface area contributed by atoms with Crippen molar-refractivity contribution < 1.29 is 19.4 Å². The molecule has 0 unspecified atom stereocenters. The zero-order chi connectivity index (χ0) is 10.6. The van der Waals surface area contributed by atoms with Crippen LogP contribution in [0.2, 0.25) is 5.02 Å². The van der Waals surface area contributed by atoms with Crippen molar-refractivity contribution in [3.8, 4) is 0 Å². The summed E-state index contributed by atoms with van der Waals surface area (Å²) in [4.78, 5) is 29.7. The largest absolute Gasteiger partial charge is 0.386 e. The van der Waals surface area contributed by atoms with Crippen LogP contribution in [-0.2, 0) is 14.6 Å². The SMILES string of the molecule is CC(=O)OOC(=O)c1ccc(Cl)cc1. The lowest BCUT2D eigenvalue weighted by molar-refractivity contribution is -0.231.